The highest BCUT2D eigenvalue weighted by Gasteiger charge is 2.38. The zero-order valence-corrected chi connectivity index (χ0v) is 11.3. The second-order valence-corrected chi connectivity index (χ2v) is 5.69. The molecule has 2 aliphatic rings. The first kappa shape index (κ1) is 12.7. The summed E-state index contributed by atoms with van der Waals surface area (Å²) in [7, 11) is 1.60. The highest BCUT2D eigenvalue weighted by molar-refractivity contribution is 5.60. The summed E-state index contributed by atoms with van der Waals surface area (Å²) >= 11 is 0. The highest BCUT2D eigenvalue weighted by atomic mass is 19.1. The van der Waals surface area contributed by atoms with E-state index in [1.165, 1.54) is 31.4 Å². The lowest BCUT2D eigenvalue weighted by Crippen LogP contribution is -2.55. The second-order valence-electron chi connectivity index (χ2n) is 5.69. The molecule has 0 amide bonds. The van der Waals surface area contributed by atoms with Crippen LogP contribution in [0.25, 0.3) is 0 Å². The normalized spacial score (nSPS) is 30.3. The van der Waals surface area contributed by atoms with Crippen LogP contribution < -0.4 is 15.4 Å². The molecule has 2 atom stereocenters. The van der Waals surface area contributed by atoms with E-state index in [2.05, 4.69) is 4.90 Å². The summed E-state index contributed by atoms with van der Waals surface area (Å²) in [6.07, 6.45) is 5.66. The van der Waals surface area contributed by atoms with Gasteiger partial charge in [-0.2, -0.15) is 0 Å². The van der Waals surface area contributed by atoms with E-state index in [0.29, 0.717) is 23.9 Å². The van der Waals surface area contributed by atoms with Gasteiger partial charge >= 0.3 is 0 Å². The van der Waals surface area contributed by atoms with Crippen molar-refractivity contribution in [3.05, 3.63) is 24.0 Å². The smallest absolute Gasteiger partial charge is 0.145 e. The van der Waals surface area contributed by atoms with E-state index in [9.17, 15) is 4.39 Å². The Kier molecular flexibility index (Phi) is 3.35. The Balaban J connectivity index is 1.97. The van der Waals surface area contributed by atoms with Gasteiger partial charge in [-0.1, -0.05) is 0 Å². The van der Waals surface area contributed by atoms with E-state index < -0.39 is 0 Å². The van der Waals surface area contributed by atoms with Gasteiger partial charge in [-0.25, -0.2) is 4.39 Å². The number of hydrogen-bond donors (Lipinski definition) is 1. The molecule has 1 aromatic rings. The van der Waals surface area contributed by atoms with Crippen molar-refractivity contribution < 1.29 is 9.13 Å². The number of halogens is 1. The van der Waals surface area contributed by atoms with Gasteiger partial charge in [0.15, 0.2) is 0 Å². The summed E-state index contributed by atoms with van der Waals surface area (Å²) < 4.78 is 18.7. The van der Waals surface area contributed by atoms with E-state index in [1.807, 2.05) is 6.07 Å². The van der Waals surface area contributed by atoms with Gasteiger partial charge in [0.2, 0.25) is 0 Å². The molecule has 1 aromatic carbocycles. The highest BCUT2D eigenvalue weighted by Crippen LogP contribution is 2.41. The number of piperidine rings is 2. The van der Waals surface area contributed by atoms with Crippen molar-refractivity contribution in [1.29, 1.82) is 0 Å². The van der Waals surface area contributed by atoms with Crippen LogP contribution >= 0.6 is 0 Å². The van der Waals surface area contributed by atoms with E-state index in [1.54, 1.807) is 7.11 Å². The predicted octanol–water partition coefficient (Wildman–Crippen LogP) is 2.68. The fourth-order valence-electron chi connectivity index (χ4n) is 3.68. The minimum Gasteiger partial charge on any atom is -0.494 e. The minimum absolute atomic E-state index is 0.250. The second kappa shape index (κ2) is 5.00. The van der Waals surface area contributed by atoms with E-state index in [-0.39, 0.29) is 5.82 Å². The Bertz CT molecular complexity index is 451. The topological polar surface area (TPSA) is 38.5 Å². The average Bonchev–Trinajstić information content (AvgIpc) is 2.38. The lowest BCUT2D eigenvalue weighted by molar-refractivity contribution is 0.268. The molecule has 4 heteroatoms. The fraction of sp³-hybridized carbons (Fsp3) is 0.600. The summed E-state index contributed by atoms with van der Waals surface area (Å²) in [4.78, 5) is 2.42. The van der Waals surface area contributed by atoms with E-state index in [4.69, 9.17) is 10.5 Å². The first-order chi connectivity index (χ1) is 9.19. The van der Waals surface area contributed by atoms with Crippen LogP contribution in [0.5, 0.6) is 5.75 Å². The van der Waals surface area contributed by atoms with Gasteiger partial charge in [-0.3, -0.25) is 0 Å². The molecule has 0 aliphatic carbocycles. The van der Waals surface area contributed by atoms with Crippen LogP contribution in [0.3, 0.4) is 0 Å². The Morgan fingerprint density at radius 2 is 1.95 bits per heavy atom. The monoisotopic (exact) mass is 264 g/mol. The summed E-state index contributed by atoms with van der Waals surface area (Å²) in [5.74, 6) is 0.381. The van der Waals surface area contributed by atoms with Crippen LogP contribution in [-0.2, 0) is 0 Å². The third-order valence-electron chi connectivity index (χ3n) is 4.43. The SMILES string of the molecule is COc1cc(F)ccc1N1C2CCCC1CC(N)C2. The number of methoxy groups -OCH3 is 1. The maximum absolute atomic E-state index is 13.3. The van der Waals surface area contributed by atoms with E-state index >= 15 is 0 Å². The number of rotatable bonds is 2. The maximum atomic E-state index is 13.3. The zero-order chi connectivity index (χ0) is 13.4. The van der Waals surface area contributed by atoms with Crippen LogP contribution in [0.4, 0.5) is 10.1 Å². The number of benzene rings is 1. The molecule has 2 heterocycles. The number of anilines is 1. The molecule has 2 saturated heterocycles. The van der Waals surface area contributed by atoms with Gasteiger partial charge in [-0.15, -0.1) is 0 Å². The summed E-state index contributed by atoms with van der Waals surface area (Å²) in [6.45, 7) is 0. The molecule has 19 heavy (non-hydrogen) atoms. The van der Waals surface area contributed by atoms with Crippen molar-refractivity contribution in [2.45, 2.75) is 50.2 Å². The Labute approximate surface area is 113 Å². The molecule has 3 rings (SSSR count). The third kappa shape index (κ3) is 2.29. The molecule has 2 unspecified atom stereocenters. The first-order valence-electron chi connectivity index (χ1n) is 7.06. The van der Waals surface area contributed by atoms with Crippen LogP contribution in [0.2, 0.25) is 0 Å². The van der Waals surface area contributed by atoms with Gasteiger partial charge in [0, 0.05) is 24.2 Å². The molecule has 0 radical (unpaired) electrons. The summed E-state index contributed by atoms with van der Waals surface area (Å²) in [5.41, 5.74) is 7.16. The van der Waals surface area contributed by atoms with Gasteiger partial charge < -0.3 is 15.4 Å². The minimum atomic E-state index is -0.250. The maximum Gasteiger partial charge on any atom is 0.145 e. The molecule has 2 aliphatic heterocycles. The molecule has 0 aromatic heterocycles. The summed E-state index contributed by atoms with van der Waals surface area (Å²) in [5, 5.41) is 0. The van der Waals surface area contributed by atoms with Gasteiger partial charge in [-0.05, 0) is 44.2 Å². The van der Waals surface area contributed by atoms with Crippen LogP contribution in [0, 0.1) is 5.82 Å². The molecule has 2 bridgehead atoms. The van der Waals surface area contributed by atoms with Crippen molar-refractivity contribution in [1.82, 2.24) is 0 Å². The van der Waals surface area contributed by atoms with Gasteiger partial charge in [0.25, 0.3) is 0 Å². The summed E-state index contributed by atoms with van der Waals surface area (Å²) in [6, 6.07) is 6.08. The Hall–Kier alpha value is -1.29. The van der Waals surface area contributed by atoms with Crippen LogP contribution in [0.1, 0.15) is 32.1 Å². The van der Waals surface area contributed by atoms with Crippen LogP contribution in [0.15, 0.2) is 18.2 Å². The predicted molar refractivity (Wildman–Crippen MR) is 74.1 cm³/mol. The molecule has 2 N–H and O–H groups in total. The van der Waals surface area contributed by atoms with Crippen molar-refractivity contribution >= 4 is 5.69 Å². The van der Waals surface area contributed by atoms with Crippen LogP contribution in [-0.4, -0.2) is 25.2 Å². The fourth-order valence-corrected chi connectivity index (χ4v) is 3.68. The average molecular weight is 264 g/mol. The molecule has 104 valence electrons. The Morgan fingerprint density at radius 1 is 1.26 bits per heavy atom. The zero-order valence-electron chi connectivity index (χ0n) is 11.3. The number of fused-ring (bicyclic) bond motifs is 2. The molecular formula is C15H21FN2O. The standard InChI is InChI=1S/C15H21FN2O/c1-19-15-7-10(16)5-6-14(15)18-12-3-2-4-13(18)9-11(17)8-12/h5-7,11-13H,2-4,8-9,17H2,1H3. The lowest BCUT2D eigenvalue weighted by Gasteiger charge is -2.49. The number of ether oxygens (including phenoxy) is 1. The quantitative estimate of drug-likeness (QED) is 0.892. The van der Waals surface area contributed by atoms with Crippen molar-refractivity contribution in [3.8, 4) is 5.75 Å². The van der Waals surface area contributed by atoms with E-state index in [0.717, 1.165) is 18.5 Å². The number of nitrogens with two attached hydrogens (primary N) is 1. The van der Waals surface area contributed by atoms with Crippen molar-refractivity contribution in [2.75, 3.05) is 12.0 Å². The van der Waals surface area contributed by atoms with Gasteiger partial charge in [0.1, 0.15) is 11.6 Å². The lowest BCUT2D eigenvalue weighted by atomic mass is 9.81. The Morgan fingerprint density at radius 3 is 2.58 bits per heavy atom. The number of hydrogen-bond acceptors (Lipinski definition) is 3. The third-order valence-corrected chi connectivity index (χ3v) is 4.43. The molecule has 0 saturated carbocycles. The van der Waals surface area contributed by atoms with Gasteiger partial charge in [0.05, 0.1) is 12.8 Å². The molecule has 2 fully saturated rings. The molecule has 0 spiro atoms. The van der Waals surface area contributed by atoms with Crippen molar-refractivity contribution in [3.63, 3.8) is 0 Å². The molecule has 3 nitrogen and oxygen atoms in total. The van der Waals surface area contributed by atoms with Crippen molar-refractivity contribution in [2.24, 2.45) is 5.73 Å². The number of nitrogens with zero attached hydrogens (tertiary/aromatic N) is 1. The molecular weight excluding hydrogens is 243 g/mol. The first-order valence-corrected chi connectivity index (χ1v) is 7.06. The largest absolute Gasteiger partial charge is 0.494 e.